The molecule has 0 saturated carbocycles. The molecule has 142 valence electrons. The summed E-state index contributed by atoms with van der Waals surface area (Å²) >= 11 is 6.18. The fraction of sp³-hybridized carbons (Fsp3) is 0.529. The number of likely N-dealkylation sites (tertiary alicyclic amines) is 1. The number of hydrogen-bond acceptors (Lipinski definition) is 4. The van der Waals surface area contributed by atoms with Crippen molar-refractivity contribution in [2.75, 3.05) is 19.6 Å². The molecule has 1 fully saturated rings. The van der Waals surface area contributed by atoms with Crippen LogP contribution in [0.2, 0.25) is 5.02 Å². The summed E-state index contributed by atoms with van der Waals surface area (Å²) in [7, 11) is 0. The minimum absolute atomic E-state index is 0.249. The highest BCUT2D eigenvalue weighted by atomic mass is 35.5. The molecule has 3 rings (SSSR count). The first-order chi connectivity index (χ1) is 12.2. The lowest BCUT2D eigenvalue weighted by Gasteiger charge is -2.34. The van der Waals surface area contributed by atoms with Crippen molar-refractivity contribution in [3.8, 4) is 0 Å². The third-order valence-corrected chi connectivity index (χ3v) is 4.95. The second kappa shape index (κ2) is 7.17. The average Bonchev–Trinajstić information content (AvgIpc) is 2.54. The van der Waals surface area contributed by atoms with Gasteiger partial charge in [0.05, 0.1) is 28.5 Å². The molecule has 2 N–H and O–H groups in total. The van der Waals surface area contributed by atoms with Crippen molar-refractivity contribution in [2.24, 2.45) is 5.73 Å². The van der Waals surface area contributed by atoms with E-state index in [1.54, 1.807) is 25.1 Å². The zero-order chi connectivity index (χ0) is 19.1. The number of alkyl halides is 3. The number of nitrogens with zero attached hydrogens (tertiary/aromatic N) is 3. The van der Waals surface area contributed by atoms with E-state index in [0.29, 0.717) is 34.6 Å². The maximum absolute atomic E-state index is 13.1. The standard InChI is InChI=1S/C17H20ClF3N4O/c1-10(22)15-23-13-4-2-3-12(18)14(13)16(26)25(15)11-5-7-24(8-6-11)9-17(19,20)21/h2-4,10-11H,5-9,22H2,1H3. The summed E-state index contributed by atoms with van der Waals surface area (Å²) in [5.41, 5.74) is 6.20. The molecule has 5 nitrogen and oxygen atoms in total. The summed E-state index contributed by atoms with van der Waals surface area (Å²) in [6, 6.07) is 4.29. The van der Waals surface area contributed by atoms with Crippen LogP contribution in [0.4, 0.5) is 13.2 Å². The molecule has 0 spiro atoms. The molecular weight excluding hydrogens is 369 g/mol. The van der Waals surface area contributed by atoms with Crippen LogP contribution in [-0.2, 0) is 0 Å². The first-order valence-corrected chi connectivity index (χ1v) is 8.80. The molecule has 1 aliphatic heterocycles. The molecule has 0 radical (unpaired) electrons. The lowest BCUT2D eigenvalue weighted by molar-refractivity contribution is -0.148. The van der Waals surface area contributed by atoms with Gasteiger partial charge in [-0.1, -0.05) is 17.7 Å². The van der Waals surface area contributed by atoms with E-state index in [1.165, 1.54) is 9.47 Å². The smallest absolute Gasteiger partial charge is 0.322 e. The Kier molecular flexibility index (Phi) is 5.28. The van der Waals surface area contributed by atoms with Gasteiger partial charge in [-0.15, -0.1) is 0 Å². The van der Waals surface area contributed by atoms with Gasteiger partial charge in [0, 0.05) is 19.1 Å². The number of halogens is 4. The molecule has 2 heterocycles. The maximum Gasteiger partial charge on any atom is 0.401 e. The van der Waals surface area contributed by atoms with Crippen LogP contribution in [-0.4, -0.2) is 40.3 Å². The van der Waals surface area contributed by atoms with Gasteiger partial charge in [0.1, 0.15) is 5.82 Å². The van der Waals surface area contributed by atoms with Gasteiger partial charge in [-0.2, -0.15) is 13.2 Å². The van der Waals surface area contributed by atoms with Crippen molar-refractivity contribution in [1.82, 2.24) is 14.5 Å². The number of piperidine rings is 1. The Bertz CT molecular complexity index is 857. The average molecular weight is 389 g/mol. The highest BCUT2D eigenvalue weighted by Crippen LogP contribution is 2.28. The molecule has 1 saturated heterocycles. The van der Waals surface area contributed by atoms with Gasteiger partial charge in [-0.25, -0.2) is 4.98 Å². The van der Waals surface area contributed by atoms with Crippen LogP contribution in [0.15, 0.2) is 23.0 Å². The molecular formula is C17H20ClF3N4O. The van der Waals surface area contributed by atoms with Gasteiger partial charge in [-0.05, 0) is 31.9 Å². The van der Waals surface area contributed by atoms with Crippen LogP contribution in [0.5, 0.6) is 0 Å². The minimum Gasteiger partial charge on any atom is -0.322 e. The van der Waals surface area contributed by atoms with E-state index in [4.69, 9.17) is 17.3 Å². The third kappa shape index (κ3) is 3.87. The van der Waals surface area contributed by atoms with Crippen LogP contribution in [0.25, 0.3) is 10.9 Å². The quantitative estimate of drug-likeness (QED) is 0.876. The van der Waals surface area contributed by atoms with Crippen LogP contribution in [0.1, 0.15) is 37.7 Å². The number of hydrogen-bond donors (Lipinski definition) is 1. The molecule has 1 aromatic carbocycles. The first-order valence-electron chi connectivity index (χ1n) is 8.42. The zero-order valence-corrected chi connectivity index (χ0v) is 15.0. The van der Waals surface area contributed by atoms with E-state index >= 15 is 0 Å². The second-order valence-corrected chi connectivity index (χ2v) is 7.10. The van der Waals surface area contributed by atoms with Gasteiger partial charge < -0.3 is 5.73 Å². The minimum atomic E-state index is -4.22. The molecule has 1 atom stereocenters. The molecule has 1 unspecified atom stereocenters. The molecule has 2 aromatic rings. The van der Waals surface area contributed by atoms with Crippen molar-refractivity contribution >= 4 is 22.5 Å². The summed E-state index contributed by atoms with van der Waals surface area (Å²) in [5.74, 6) is 0.430. The van der Waals surface area contributed by atoms with Crippen LogP contribution in [0.3, 0.4) is 0 Å². The Hall–Kier alpha value is -1.64. The van der Waals surface area contributed by atoms with Crippen molar-refractivity contribution in [3.63, 3.8) is 0 Å². The number of aromatic nitrogens is 2. The molecule has 0 aliphatic carbocycles. The van der Waals surface area contributed by atoms with E-state index in [1.807, 2.05) is 0 Å². The predicted molar refractivity (Wildman–Crippen MR) is 94.4 cm³/mol. The van der Waals surface area contributed by atoms with E-state index in [-0.39, 0.29) is 24.7 Å². The summed E-state index contributed by atoms with van der Waals surface area (Å²) < 4.78 is 39.3. The predicted octanol–water partition coefficient (Wildman–Crippen LogP) is 3.27. The van der Waals surface area contributed by atoms with Gasteiger partial charge >= 0.3 is 6.18 Å². The first kappa shape index (κ1) is 19.1. The van der Waals surface area contributed by atoms with E-state index < -0.39 is 18.8 Å². The Balaban J connectivity index is 1.97. The Morgan fingerprint density at radius 3 is 2.58 bits per heavy atom. The molecule has 0 bridgehead atoms. The van der Waals surface area contributed by atoms with Crippen molar-refractivity contribution in [2.45, 2.75) is 38.0 Å². The summed E-state index contributed by atoms with van der Waals surface area (Å²) in [6.45, 7) is 1.31. The molecule has 0 amide bonds. The third-order valence-electron chi connectivity index (χ3n) is 4.64. The van der Waals surface area contributed by atoms with Gasteiger partial charge in [0.2, 0.25) is 0 Å². The molecule has 1 aromatic heterocycles. The van der Waals surface area contributed by atoms with Gasteiger partial charge in [0.25, 0.3) is 5.56 Å². The molecule has 9 heteroatoms. The Morgan fingerprint density at radius 2 is 2.00 bits per heavy atom. The van der Waals surface area contributed by atoms with Crippen LogP contribution in [0, 0.1) is 0 Å². The SMILES string of the molecule is CC(N)c1nc2cccc(Cl)c2c(=O)n1C1CCN(CC(F)(F)F)CC1. The Labute approximate surface area is 153 Å². The van der Waals surface area contributed by atoms with Crippen molar-refractivity contribution in [3.05, 3.63) is 39.4 Å². The number of nitrogens with two attached hydrogens (primary N) is 1. The highest BCUT2D eigenvalue weighted by molar-refractivity contribution is 6.35. The van der Waals surface area contributed by atoms with Crippen LogP contribution >= 0.6 is 11.6 Å². The monoisotopic (exact) mass is 388 g/mol. The number of rotatable bonds is 3. The summed E-state index contributed by atoms with van der Waals surface area (Å²) in [6.07, 6.45) is -3.38. The summed E-state index contributed by atoms with van der Waals surface area (Å²) in [5, 5.41) is 0.621. The van der Waals surface area contributed by atoms with Gasteiger partial charge in [-0.3, -0.25) is 14.3 Å². The van der Waals surface area contributed by atoms with Crippen LogP contribution < -0.4 is 11.3 Å². The lowest BCUT2D eigenvalue weighted by atomic mass is 10.0. The lowest BCUT2D eigenvalue weighted by Crippen LogP contribution is -2.43. The molecule has 26 heavy (non-hydrogen) atoms. The van der Waals surface area contributed by atoms with E-state index in [9.17, 15) is 18.0 Å². The number of benzene rings is 1. The maximum atomic E-state index is 13.1. The van der Waals surface area contributed by atoms with Crippen molar-refractivity contribution < 1.29 is 13.2 Å². The normalized spacial score (nSPS) is 18.4. The topological polar surface area (TPSA) is 64.1 Å². The van der Waals surface area contributed by atoms with E-state index in [0.717, 1.165) is 0 Å². The largest absolute Gasteiger partial charge is 0.401 e. The Morgan fingerprint density at radius 1 is 1.35 bits per heavy atom. The van der Waals surface area contributed by atoms with Gasteiger partial charge in [0.15, 0.2) is 0 Å². The molecule has 1 aliphatic rings. The highest BCUT2D eigenvalue weighted by Gasteiger charge is 2.33. The fourth-order valence-corrected chi connectivity index (χ4v) is 3.73. The fourth-order valence-electron chi connectivity index (χ4n) is 3.48. The summed E-state index contributed by atoms with van der Waals surface area (Å²) in [4.78, 5) is 18.9. The van der Waals surface area contributed by atoms with E-state index in [2.05, 4.69) is 4.98 Å². The van der Waals surface area contributed by atoms with Crippen molar-refractivity contribution in [1.29, 1.82) is 0 Å². The second-order valence-electron chi connectivity index (χ2n) is 6.69. The number of fused-ring (bicyclic) bond motifs is 1. The zero-order valence-electron chi connectivity index (χ0n) is 14.3.